The molecule has 0 spiro atoms. The summed E-state index contributed by atoms with van der Waals surface area (Å²) in [6.07, 6.45) is -0.963. The van der Waals surface area contributed by atoms with Gasteiger partial charge in [0.05, 0.1) is 18.3 Å². The summed E-state index contributed by atoms with van der Waals surface area (Å²) in [7, 11) is 0. The Morgan fingerprint density at radius 2 is 1.93 bits per heavy atom. The van der Waals surface area contributed by atoms with Gasteiger partial charge in [-0.1, -0.05) is 24.3 Å². The lowest BCUT2D eigenvalue weighted by Gasteiger charge is -2.12. The highest BCUT2D eigenvalue weighted by Crippen LogP contribution is 2.14. The predicted molar refractivity (Wildman–Crippen MR) is 101 cm³/mol. The second-order valence-electron chi connectivity index (χ2n) is 6.56. The molecular formula is C21H22FN3O2. The van der Waals surface area contributed by atoms with E-state index in [-0.39, 0.29) is 12.5 Å². The molecule has 0 radical (unpaired) electrons. The van der Waals surface area contributed by atoms with Crippen molar-refractivity contribution in [1.82, 2.24) is 15.1 Å². The van der Waals surface area contributed by atoms with Crippen molar-refractivity contribution in [2.24, 2.45) is 0 Å². The fraction of sp³-hybridized carbons (Fsp3) is 0.238. The summed E-state index contributed by atoms with van der Waals surface area (Å²) >= 11 is 0. The van der Waals surface area contributed by atoms with Gasteiger partial charge in [-0.05, 0) is 55.3 Å². The molecule has 5 nitrogen and oxygen atoms in total. The van der Waals surface area contributed by atoms with Crippen LogP contribution in [-0.4, -0.2) is 27.3 Å². The zero-order valence-corrected chi connectivity index (χ0v) is 15.3. The number of aliphatic hydroxyl groups is 1. The highest BCUT2D eigenvalue weighted by Gasteiger charge is 2.12. The van der Waals surface area contributed by atoms with Crippen LogP contribution in [0.2, 0.25) is 0 Å². The average molecular weight is 367 g/mol. The minimum Gasteiger partial charge on any atom is -0.387 e. The molecule has 1 aromatic heterocycles. The fourth-order valence-electron chi connectivity index (χ4n) is 2.89. The molecule has 0 saturated heterocycles. The van der Waals surface area contributed by atoms with Gasteiger partial charge in [-0.2, -0.15) is 5.10 Å². The van der Waals surface area contributed by atoms with Gasteiger partial charge in [-0.25, -0.2) is 4.39 Å². The largest absolute Gasteiger partial charge is 0.387 e. The molecule has 1 unspecified atom stereocenters. The van der Waals surface area contributed by atoms with E-state index in [0.29, 0.717) is 17.7 Å². The van der Waals surface area contributed by atoms with E-state index in [1.807, 2.05) is 36.7 Å². The number of aliphatic hydroxyl groups excluding tert-OH is 1. The molecular weight excluding hydrogens is 345 g/mol. The Morgan fingerprint density at radius 3 is 2.56 bits per heavy atom. The number of hydrogen-bond acceptors (Lipinski definition) is 3. The molecule has 0 fully saturated rings. The third-order valence-corrected chi connectivity index (χ3v) is 4.34. The molecule has 0 aliphatic heterocycles. The first-order chi connectivity index (χ1) is 12.9. The first-order valence-electron chi connectivity index (χ1n) is 8.74. The van der Waals surface area contributed by atoms with Gasteiger partial charge in [0.25, 0.3) is 5.91 Å². The van der Waals surface area contributed by atoms with Crippen LogP contribution in [-0.2, 0) is 6.54 Å². The van der Waals surface area contributed by atoms with Crippen molar-refractivity contribution in [2.75, 3.05) is 6.54 Å². The number of aryl methyl sites for hydroxylation is 2. The van der Waals surface area contributed by atoms with E-state index in [0.717, 1.165) is 17.0 Å². The summed E-state index contributed by atoms with van der Waals surface area (Å²) in [6, 6.07) is 15.0. The number of halogens is 1. The van der Waals surface area contributed by atoms with E-state index in [9.17, 15) is 14.3 Å². The predicted octanol–water partition coefficient (Wildman–Crippen LogP) is 3.15. The minimum absolute atomic E-state index is 0.00972. The summed E-state index contributed by atoms with van der Waals surface area (Å²) in [5.41, 5.74) is 4.02. The van der Waals surface area contributed by atoms with Crippen LogP contribution in [0, 0.1) is 19.7 Å². The van der Waals surface area contributed by atoms with Crippen molar-refractivity contribution < 1.29 is 14.3 Å². The van der Waals surface area contributed by atoms with Crippen molar-refractivity contribution in [3.63, 3.8) is 0 Å². The van der Waals surface area contributed by atoms with Gasteiger partial charge in [-0.15, -0.1) is 0 Å². The topological polar surface area (TPSA) is 67.2 Å². The number of carbonyl (C=O) groups excluding carboxylic acids is 1. The van der Waals surface area contributed by atoms with Crippen molar-refractivity contribution >= 4 is 5.91 Å². The summed E-state index contributed by atoms with van der Waals surface area (Å²) < 4.78 is 15.1. The lowest BCUT2D eigenvalue weighted by Crippen LogP contribution is -2.28. The van der Waals surface area contributed by atoms with E-state index in [1.165, 1.54) is 18.2 Å². The number of hydrogen-bond donors (Lipinski definition) is 2. The van der Waals surface area contributed by atoms with Gasteiger partial charge < -0.3 is 10.4 Å². The molecule has 140 valence electrons. The summed E-state index contributed by atoms with van der Waals surface area (Å²) in [6.45, 7) is 4.61. The molecule has 1 heterocycles. The van der Waals surface area contributed by atoms with Gasteiger partial charge in [0, 0.05) is 17.8 Å². The normalized spacial score (nSPS) is 12.0. The molecule has 3 aromatic rings. The summed E-state index contributed by atoms with van der Waals surface area (Å²) in [5.74, 6) is -0.709. The Hall–Kier alpha value is -2.99. The molecule has 1 amide bonds. The van der Waals surface area contributed by atoms with Crippen molar-refractivity contribution in [3.05, 3.63) is 88.5 Å². The van der Waals surface area contributed by atoms with E-state index in [2.05, 4.69) is 10.4 Å². The molecule has 6 heteroatoms. The van der Waals surface area contributed by atoms with Gasteiger partial charge in [0.2, 0.25) is 0 Å². The number of aromatic nitrogens is 2. The zero-order chi connectivity index (χ0) is 19.4. The molecule has 0 saturated carbocycles. The molecule has 3 rings (SSSR count). The lowest BCUT2D eigenvalue weighted by molar-refractivity contribution is 0.0916. The number of rotatable bonds is 6. The van der Waals surface area contributed by atoms with Crippen LogP contribution in [0.15, 0.2) is 54.6 Å². The standard InChI is InChI=1S/C21H22FN3O2/c1-14-10-15(2)25(24-14)13-16-6-8-17(9-7-16)21(27)23-12-20(26)18-4-3-5-19(22)11-18/h3-11,20,26H,12-13H2,1-2H3,(H,23,27). The first-order valence-corrected chi connectivity index (χ1v) is 8.74. The first kappa shape index (κ1) is 18.8. The van der Waals surface area contributed by atoms with Gasteiger partial charge >= 0.3 is 0 Å². The third kappa shape index (κ3) is 4.80. The molecule has 0 aliphatic rings. The molecule has 27 heavy (non-hydrogen) atoms. The van der Waals surface area contributed by atoms with Crippen molar-refractivity contribution in [3.8, 4) is 0 Å². The number of carbonyl (C=O) groups is 1. The van der Waals surface area contributed by atoms with Crippen LogP contribution in [0.1, 0.15) is 39.0 Å². The van der Waals surface area contributed by atoms with Crippen molar-refractivity contribution in [1.29, 1.82) is 0 Å². The maximum atomic E-state index is 13.2. The second-order valence-corrected chi connectivity index (χ2v) is 6.56. The summed E-state index contributed by atoms with van der Waals surface area (Å²) in [5, 5.41) is 17.2. The van der Waals surface area contributed by atoms with E-state index in [1.54, 1.807) is 18.2 Å². The van der Waals surface area contributed by atoms with Crippen LogP contribution in [0.3, 0.4) is 0 Å². The minimum atomic E-state index is -0.963. The van der Waals surface area contributed by atoms with Crippen LogP contribution in [0.5, 0.6) is 0 Å². The maximum Gasteiger partial charge on any atom is 0.251 e. The molecule has 1 atom stereocenters. The molecule has 2 aromatic carbocycles. The van der Waals surface area contributed by atoms with E-state index in [4.69, 9.17) is 0 Å². The Kier molecular flexibility index (Phi) is 5.66. The van der Waals surface area contributed by atoms with Gasteiger partial charge in [0.1, 0.15) is 5.82 Å². The highest BCUT2D eigenvalue weighted by atomic mass is 19.1. The quantitative estimate of drug-likeness (QED) is 0.703. The smallest absolute Gasteiger partial charge is 0.251 e. The average Bonchev–Trinajstić information content (AvgIpc) is 2.97. The van der Waals surface area contributed by atoms with Crippen LogP contribution < -0.4 is 5.32 Å². The van der Waals surface area contributed by atoms with E-state index < -0.39 is 11.9 Å². The fourth-order valence-corrected chi connectivity index (χ4v) is 2.89. The number of nitrogens with zero attached hydrogens (tertiary/aromatic N) is 2. The third-order valence-electron chi connectivity index (χ3n) is 4.34. The van der Waals surface area contributed by atoms with Gasteiger partial charge in [0.15, 0.2) is 0 Å². The SMILES string of the molecule is Cc1cc(C)n(Cc2ccc(C(=O)NCC(O)c3cccc(F)c3)cc2)n1. The molecule has 0 bridgehead atoms. The molecule has 0 aliphatic carbocycles. The van der Waals surface area contributed by atoms with Crippen LogP contribution >= 0.6 is 0 Å². The van der Waals surface area contributed by atoms with Gasteiger partial charge in [-0.3, -0.25) is 9.48 Å². The Labute approximate surface area is 157 Å². The molecule has 2 N–H and O–H groups in total. The highest BCUT2D eigenvalue weighted by molar-refractivity contribution is 5.94. The monoisotopic (exact) mass is 367 g/mol. The van der Waals surface area contributed by atoms with Crippen LogP contribution in [0.4, 0.5) is 4.39 Å². The Balaban J connectivity index is 1.58. The van der Waals surface area contributed by atoms with Crippen LogP contribution in [0.25, 0.3) is 0 Å². The number of benzene rings is 2. The number of nitrogens with one attached hydrogen (secondary N) is 1. The Morgan fingerprint density at radius 1 is 1.19 bits per heavy atom. The van der Waals surface area contributed by atoms with E-state index >= 15 is 0 Å². The Bertz CT molecular complexity index is 935. The zero-order valence-electron chi connectivity index (χ0n) is 15.3. The summed E-state index contributed by atoms with van der Waals surface area (Å²) in [4.78, 5) is 12.3. The van der Waals surface area contributed by atoms with Crippen molar-refractivity contribution in [2.45, 2.75) is 26.5 Å². The maximum absolute atomic E-state index is 13.2. The number of amides is 1. The second kappa shape index (κ2) is 8.14. The lowest BCUT2D eigenvalue weighted by atomic mass is 10.1.